The van der Waals surface area contributed by atoms with Crippen LogP contribution in [0, 0.1) is 0 Å². The van der Waals surface area contributed by atoms with Crippen molar-refractivity contribution in [2.75, 3.05) is 12.9 Å². The summed E-state index contributed by atoms with van der Waals surface area (Å²) in [6, 6.07) is 0. The molecule has 0 aliphatic heterocycles. The Bertz CT molecular complexity index is 379. The molecule has 1 rings (SSSR count). The molecule has 1 aliphatic carbocycles. The highest BCUT2D eigenvalue weighted by molar-refractivity contribution is 7.85. The van der Waals surface area contributed by atoms with Gasteiger partial charge in [-0.2, -0.15) is 8.42 Å². The molecule has 0 saturated heterocycles. The monoisotopic (exact) mass is 210 g/mol. The number of hydrogen-bond acceptors (Lipinski definition) is 3. The van der Waals surface area contributed by atoms with Gasteiger partial charge in [0.15, 0.2) is 0 Å². The second-order valence-corrected chi connectivity index (χ2v) is 4.67. The molecule has 74 valence electrons. The summed E-state index contributed by atoms with van der Waals surface area (Å²) < 4.78 is 26.1. The minimum Gasteiger partial charge on any atom is -0.265 e. The second-order valence-electron chi connectivity index (χ2n) is 3.03. The van der Waals surface area contributed by atoms with Crippen LogP contribution in [0.2, 0.25) is 5.82 Å². The Morgan fingerprint density at radius 2 is 2.21 bits per heavy atom. The van der Waals surface area contributed by atoms with Crippen LogP contribution in [0.4, 0.5) is 0 Å². The first-order valence-corrected chi connectivity index (χ1v) is 5.94. The number of allylic oxidation sites excluding steroid dienone is 4. The van der Waals surface area contributed by atoms with Crippen LogP contribution < -0.4 is 0 Å². The standard InChI is InChI=1S/C9H11BO3S/c1-14(11,12)13-7-8-3-2-4-9(10)6-5-8/h2-6,9H,7H2,1H3. The van der Waals surface area contributed by atoms with Crippen molar-refractivity contribution in [2.45, 2.75) is 5.82 Å². The van der Waals surface area contributed by atoms with Crippen LogP contribution in [0.1, 0.15) is 0 Å². The van der Waals surface area contributed by atoms with Crippen LogP contribution in [0.3, 0.4) is 0 Å². The van der Waals surface area contributed by atoms with Crippen LogP contribution in [0.15, 0.2) is 36.0 Å². The van der Waals surface area contributed by atoms with Crippen molar-refractivity contribution < 1.29 is 12.6 Å². The lowest BCUT2D eigenvalue weighted by molar-refractivity contribution is 0.355. The lowest BCUT2D eigenvalue weighted by Gasteiger charge is -2.00. The van der Waals surface area contributed by atoms with E-state index in [1.807, 2.05) is 6.08 Å². The van der Waals surface area contributed by atoms with Crippen LogP contribution in [-0.2, 0) is 14.3 Å². The molecule has 0 amide bonds. The van der Waals surface area contributed by atoms with Crippen molar-refractivity contribution in [3.63, 3.8) is 0 Å². The van der Waals surface area contributed by atoms with Crippen LogP contribution in [0.25, 0.3) is 0 Å². The van der Waals surface area contributed by atoms with Gasteiger partial charge in [0.2, 0.25) is 0 Å². The average molecular weight is 210 g/mol. The topological polar surface area (TPSA) is 43.4 Å². The Balaban J connectivity index is 2.59. The van der Waals surface area contributed by atoms with E-state index < -0.39 is 10.1 Å². The molecule has 0 bridgehead atoms. The number of hydrogen-bond donors (Lipinski definition) is 0. The molecule has 0 spiro atoms. The Morgan fingerprint density at radius 3 is 2.86 bits per heavy atom. The fourth-order valence-corrected chi connectivity index (χ4v) is 1.28. The van der Waals surface area contributed by atoms with Crippen molar-refractivity contribution in [2.24, 2.45) is 0 Å². The smallest absolute Gasteiger partial charge is 0.264 e. The van der Waals surface area contributed by atoms with E-state index in [2.05, 4.69) is 4.18 Å². The van der Waals surface area contributed by atoms with Crippen LogP contribution in [-0.4, -0.2) is 29.1 Å². The van der Waals surface area contributed by atoms with Gasteiger partial charge >= 0.3 is 0 Å². The first kappa shape index (κ1) is 11.3. The zero-order valence-electron chi connectivity index (χ0n) is 7.88. The van der Waals surface area contributed by atoms with Crippen molar-refractivity contribution in [3.8, 4) is 0 Å². The molecule has 0 aromatic heterocycles. The van der Waals surface area contributed by atoms with Crippen molar-refractivity contribution >= 4 is 18.0 Å². The third kappa shape index (κ3) is 4.44. The van der Waals surface area contributed by atoms with Crippen LogP contribution in [0.5, 0.6) is 0 Å². The van der Waals surface area contributed by atoms with E-state index in [1.165, 1.54) is 0 Å². The maximum Gasteiger partial charge on any atom is 0.264 e. The summed E-state index contributed by atoms with van der Waals surface area (Å²) in [6.07, 6.45) is 9.93. The fraction of sp³-hybridized carbons (Fsp3) is 0.333. The molecule has 0 fully saturated rings. The van der Waals surface area contributed by atoms with E-state index in [4.69, 9.17) is 7.85 Å². The SMILES string of the molecule is [B]C1C=CC=C(COS(C)(=O)=O)C=C1. The normalized spacial score (nSPS) is 21.8. The van der Waals surface area contributed by atoms with Gasteiger partial charge in [-0.15, -0.1) is 0 Å². The molecule has 3 nitrogen and oxygen atoms in total. The fourth-order valence-electron chi connectivity index (χ4n) is 0.933. The molecule has 5 heteroatoms. The molecule has 2 radical (unpaired) electrons. The summed E-state index contributed by atoms with van der Waals surface area (Å²) in [5.74, 6) is -0.123. The van der Waals surface area contributed by atoms with E-state index in [1.54, 1.807) is 24.3 Å². The van der Waals surface area contributed by atoms with Gasteiger partial charge in [-0.1, -0.05) is 30.4 Å². The van der Waals surface area contributed by atoms with Crippen molar-refractivity contribution in [1.29, 1.82) is 0 Å². The summed E-state index contributed by atoms with van der Waals surface area (Å²) in [5.41, 5.74) is 0.777. The molecule has 1 atom stereocenters. The Morgan fingerprint density at radius 1 is 1.50 bits per heavy atom. The van der Waals surface area contributed by atoms with E-state index in [0.29, 0.717) is 0 Å². The third-order valence-corrected chi connectivity index (χ3v) is 2.16. The van der Waals surface area contributed by atoms with Gasteiger partial charge in [0, 0.05) is 0 Å². The molecule has 1 aliphatic rings. The lowest BCUT2D eigenvalue weighted by atomic mass is 9.87. The van der Waals surface area contributed by atoms with E-state index in [0.717, 1.165) is 11.8 Å². The highest BCUT2D eigenvalue weighted by Crippen LogP contribution is 2.12. The largest absolute Gasteiger partial charge is 0.265 e. The predicted molar refractivity (Wildman–Crippen MR) is 56.7 cm³/mol. The highest BCUT2D eigenvalue weighted by atomic mass is 32.2. The minimum absolute atomic E-state index is 0.0480. The predicted octanol–water partition coefficient (Wildman–Crippen LogP) is 0.972. The van der Waals surface area contributed by atoms with Gasteiger partial charge in [-0.3, -0.25) is 4.18 Å². The number of rotatable bonds is 3. The molecule has 14 heavy (non-hydrogen) atoms. The van der Waals surface area contributed by atoms with Gasteiger partial charge in [0.25, 0.3) is 10.1 Å². The first-order valence-electron chi connectivity index (χ1n) is 4.13. The van der Waals surface area contributed by atoms with Crippen LogP contribution >= 0.6 is 0 Å². The summed E-state index contributed by atoms with van der Waals surface area (Å²) in [5, 5.41) is 0. The molecule has 0 N–H and O–H groups in total. The summed E-state index contributed by atoms with van der Waals surface area (Å²) >= 11 is 0. The lowest BCUT2D eigenvalue weighted by Crippen LogP contribution is -2.05. The van der Waals surface area contributed by atoms with Gasteiger partial charge in [-0.05, 0) is 11.4 Å². The maximum atomic E-state index is 10.7. The Kier molecular flexibility index (Phi) is 3.72. The molecule has 0 aromatic rings. The van der Waals surface area contributed by atoms with Gasteiger partial charge < -0.3 is 0 Å². The third-order valence-electron chi connectivity index (χ3n) is 1.62. The zero-order valence-corrected chi connectivity index (χ0v) is 8.70. The van der Waals surface area contributed by atoms with E-state index in [9.17, 15) is 8.42 Å². The molecular weight excluding hydrogens is 199 g/mol. The van der Waals surface area contributed by atoms with E-state index >= 15 is 0 Å². The van der Waals surface area contributed by atoms with Gasteiger partial charge in [0.05, 0.1) is 20.7 Å². The Labute approximate surface area is 85.7 Å². The van der Waals surface area contributed by atoms with E-state index in [-0.39, 0.29) is 12.4 Å². The second kappa shape index (κ2) is 4.62. The summed E-state index contributed by atoms with van der Waals surface area (Å²) in [6.45, 7) is 0.0480. The summed E-state index contributed by atoms with van der Waals surface area (Å²) in [4.78, 5) is 0. The molecule has 0 aromatic carbocycles. The van der Waals surface area contributed by atoms with Gasteiger partial charge in [0.1, 0.15) is 0 Å². The van der Waals surface area contributed by atoms with Gasteiger partial charge in [-0.25, -0.2) is 0 Å². The zero-order chi connectivity index (χ0) is 10.6. The quantitative estimate of drug-likeness (QED) is 0.515. The molecular formula is C9H11BO3S. The molecule has 0 heterocycles. The maximum absolute atomic E-state index is 10.7. The highest BCUT2D eigenvalue weighted by Gasteiger charge is 2.03. The Hall–Kier alpha value is -0.805. The minimum atomic E-state index is -3.38. The molecule has 0 saturated carbocycles. The molecule has 1 unspecified atom stereocenters. The summed E-state index contributed by atoms with van der Waals surface area (Å²) in [7, 11) is 2.23. The first-order chi connectivity index (χ1) is 6.47. The average Bonchev–Trinajstić information content (AvgIpc) is 2.25. The van der Waals surface area contributed by atoms with Crippen molar-refractivity contribution in [1.82, 2.24) is 0 Å². The van der Waals surface area contributed by atoms with Crippen molar-refractivity contribution in [3.05, 3.63) is 36.0 Å².